The maximum Gasteiger partial charge on any atom is 0.244 e. The molecule has 3 unspecified atom stereocenters. The number of benzene rings is 1. The Labute approximate surface area is 137 Å². The lowest BCUT2D eigenvalue weighted by Gasteiger charge is -2.23. The first-order valence-corrected chi connectivity index (χ1v) is 9.93. The summed E-state index contributed by atoms with van der Waals surface area (Å²) in [7, 11) is -0.0748. The number of hydroxylamine groups is 1. The second-order valence-corrected chi connectivity index (χ2v) is 8.88. The summed E-state index contributed by atoms with van der Waals surface area (Å²) in [6.07, 6.45) is 5.41. The van der Waals surface area contributed by atoms with E-state index in [9.17, 15) is 4.79 Å². The van der Waals surface area contributed by atoms with Crippen LogP contribution in [-0.4, -0.2) is 42.9 Å². The summed E-state index contributed by atoms with van der Waals surface area (Å²) >= 11 is 0. The van der Waals surface area contributed by atoms with E-state index in [1.807, 2.05) is 12.1 Å². The molecule has 1 aromatic rings. The van der Waals surface area contributed by atoms with E-state index in [2.05, 4.69) is 46.9 Å². The number of hydrogen-bond donors (Lipinski definition) is 2. The molecule has 2 saturated heterocycles. The molecule has 0 spiro atoms. The molecular formula is C17H22N3O2P. The van der Waals surface area contributed by atoms with Crippen LogP contribution in [0.15, 0.2) is 41.9 Å². The van der Waals surface area contributed by atoms with Gasteiger partial charge in [0.15, 0.2) is 0 Å². The van der Waals surface area contributed by atoms with Gasteiger partial charge in [0.1, 0.15) is 11.5 Å². The summed E-state index contributed by atoms with van der Waals surface area (Å²) in [5, 5.41) is 3.17. The van der Waals surface area contributed by atoms with Crippen LogP contribution in [0.1, 0.15) is 13.3 Å². The fourth-order valence-electron chi connectivity index (χ4n) is 3.31. The first-order chi connectivity index (χ1) is 11.2. The normalized spacial score (nSPS) is 30.0. The molecule has 0 bridgehead atoms. The molecule has 0 radical (unpaired) electrons. The van der Waals surface area contributed by atoms with Crippen molar-refractivity contribution in [2.75, 3.05) is 23.8 Å². The fourth-order valence-corrected chi connectivity index (χ4v) is 4.69. The van der Waals surface area contributed by atoms with Gasteiger partial charge in [-0.05, 0) is 51.8 Å². The van der Waals surface area contributed by atoms with Gasteiger partial charge in [0.2, 0.25) is 5.91 Å². The van der Waals surface area contributed by atoms with Crippen molar-refractivity contribution in [2.45, 2.75) is 31.5 Å². The lowest BCUT2D eigenvalue weighted by molar-refractivity contribution is -0.124. The zero-order chi connectivity index (χ0) is 15.8. The molecule has 1 amide bonds. The van der Waals surface area contributed by atoms with Gasteiger partial charge in [0.05, 0.1) is 0 Å². The Kier molecular flexibility index (Phi) is 4.00. The van der Waals surface area contributed by atoms with Crippen LogP contribution in [0.3, 0.4) is 0 Å². The van der Waals surface area contributed by atoms with E-state index in [1.165, 1.54) is 18.0 Å². The van der Waals surface area contributed by atoms with Crippen LogP contribution in [0.2, 0.25) is 0 Å². The third-order valence-corrected chi connectivity index (χ3v) is 6.41. The van der Waals surface area contributed by atoms with Crippen LogP contribution in [0.25, 0.3) is 0 Å². The first-order valence-electron chi connectivity index (χ1n) is 8.22. The highest BCUT2D eigenvalue weighted by Crippen LogP contribution is 2.58. The Morgan fingerprint density at radius 3 is 2.87 bits per heavy atom. The summed E-state index contributed by atoms with van der Waals surface area (Å²) in [6.45, 7) is 3.07. The largest absolute Gasteiger partial charge is 0.408 e. The van der Waals surface area contributed by atoms with Crippen molar-refractivity contribution < 1.29 is 9.63 Å². The Morgan fingerprint density at radius 2 is 2.13 bits per heavy atom. The maximum absolute atomic E-state index is 12.4. The van der Waals surface area contributed by atoms with Crippen LogP contribution < -0.4 is 15.7 Å². The first kappa shape index (κ1) is 15.0. The van der Waals surface area contributed by atoms with Crippen LogP contribution in [0.5, 0.6) is 0 Å². The average molecular weight is 331 g/mol. The Bertz CT molecular complexity index is 618. The number of nitrogens with one attached hydrogen (secondary N) is 2. The standard InChI is InChI=1S/C17H22N3O2P/c1-12-9-13(11-20(12)14-5-3-2-4-6-14)18-17(21)15-10-16(22-19-15)23-7-8-23/h2-6,10,12-13,15,19H,7-9,11H2,1H3,(H,18,21). The molecule has 23 heavy (non-hydrogen) atoms. The van der Waals surface area contributed by atoms with Crippen LogP contribution in [-0.2, 0) is 9.63 Å². The molecule has 0 saturated carbocycles. The van der Waals surface area contributed by atoms with Gasteiger partial charge in [-0.25, -0.2) is 0 Å². The number of para-hydroxylation sites is 1. The van der Waals surface area contributed by atoms with Crippen molar-refractivity contribution in [3.63, 3.8) is 0 Å². The Morgan fingerprint density at radius 1 is 1.35 bits per heavy atom. The third-order valence-electron chi connectivity index (χ3n) is 4.65. The molecule has 3 heterocycles. The minimum Gasteiger partial charge on any atom is -0.408 e. The molecule has 2 fully saturated rings. The van der Waals surface area contributed by atoms with Gasteiger partial charge in [0.25, 0.3) is 0 Å². The van der Waals surface area contributed by atoms with Gasteiger partial charge in [0, 0.05) is 24.3 Å². The molecular weight excluding hydrogens is 309 g/mol. The van der Waals surface area contributed by atoms with E-state index < -0.39 is 0 Å². The molecule has 4 rings (SSSR count). The molecule has 2 N–H and O–H groups in total. The predicted octanol–water partition coefficient (Wildman–Crippen LogP) is 2.01. The van der Waals surface area contributed by atoms with Crippen molar-refractivity contribution in [3.8, 4) is 0 Å². The third kappa shape index (κ3) is 3.22. The van der Waals surface area contributed by atoms with Gasteiger partial charge >= 0.3 is 0 Å². The van der Waals surface area contributed by atoms with E-state index in [-0.39, 0.29) is 25.9 Å². The molecule has 122 valence electrons. The van der Waals surface area contributed by atoms with Gasteiger partial charge < -0.3 is 15.1 Å². The maximum atomic E-state index is 12.4. The molecule has 6 heteroatoms. The summed E-state index contributed by atoms with van der Waals surface area (Å²) in [6, 6.07) is 10.7. The number of carbonyl (C=O) groups excluding carboxylic acids is 1. The highest BCUT2D eigenvalue weighted by molar-refractivity contribution is 7.69. The van der Waals surface area contributed by atoms with Crippen LogP contribution in [0.4, 0.5) is 5.69 Å². The van der Waals surface area contributed by atoms with E-state index in [0.29, 0.717) is 6.04 Å². The van der Waals surface area contributed by atoms with Crippen molar-refractivity contribution in [2.24, 2.45) is 0 Å². The van der Waals surface area contributed by atoms with Gasteiger partial charge in [-0.3, -0.25) is 4.79 Å². The van der Waals surface area contributed by atoms with E-state index in [0.717, 1.165) is 18.5 Å². The number of carbonyl (C=O) groups is 1. The van der Waals surface area contributed by atoms with Crippen molar-refractivity contribution in [3.05, 3.63) is 41.9 Å². The molecule has 3 aliphatic heterocycles. The summed E-state index contributed by atoms with van der Waals surface area (Å²) in [5.74, 6) is 0.0176. The highest BCUT2D eigenvalue weighted by atomic mass is 31.1. The number of rotatable bonds is 4. The van der Waals surface area contributed by atoms with Crippen LogP contribution >= 0.6 is 7.92 Å². The molecule has 3 atom stereocenters. The predicted molar refractivity (Wildman–Crippen MR) is 92.5 cm³/mol. The smallest absolute Gasteiger partial charge is 0.244 e. The number of anilines is 1. The van der Waals surface area contributed by atoms with Crippen molar-refractivity contribution in [1.82, 2.24) is 10.8 Å². The minimum atomic E-state index is -0.339. The second-order valence-electron chi connectivity index (χ2n) is 6.47. The zero-order valence-corrected chi connectivity index (χ0v) is 14.1. The Balaban J connectivity index is 1.36. The van der Waals surface area contributed by atoms with Crippen molar-refractivity contribution in [1.29, 1.82) is 0 Å². The fraction of sp³-hybridized carbons (Fsp3) is 0.471. The quantitative estimate of drug-likeness (QED) is 0.829. The monoisotopic (exact) mass is 331 g/mol. The highest BCUT2D eigenvalue weighted by Gasteiger charge is 2.36. The lowest BCUT2D eigenvalue weighted by Crippen LogP contribution is -2.45. The van der Waals surface area contributed by atoms with E-state index in [4.69, 9.17) is 4.84 Å². The lowest BCUT2D eigenvalue weighted by atomic mass is 10.2. The Hall–Kier alpha value is -1.58. The number of hydrogen-bond acceptors (Lipinski definition) is 4. The number of nitrogens with zero attached hydrogens (tertiary/aromatic N) is 1. The molecule has 0 aromatic heterocycles. The summed E-state index contributed by atoms with van der Waals surface area (Å²) in [4.78, 5) is 20.2. The van der Waals surface area contributed by atoms with Crippen LogP contribution in [0, 0.1) is 0 Å². The minimum absolute atomic E-state index is 0.0176. The van der Waals surface area contributed by atoms with E-state index >= 15 is 0 Å². The van der Waals surface area contributed by atoms with Gasteiger partial charge in [-0.2, -0.15) is 0 Å². The second kappa shape index (κ2) is 6.14. The van der Waals surface area contributed by atoms with E-state index in [1.54, 1.807) is 0 Å². The van der Waals surface area contributed by atoms with Gasteiger partial charge in [-0.1, -0.05) is 18.2 Å². The zero-order valence-electron chi connectivity index (χ0n) is 13.2. The summed E-state index contributed by atoms with van der Waals surface area (Å²) in [5.41, 5.74) is 5.08. The number of amides is 1. The average Bonchev–Trinajstić information content (AvgIpc) is 3.17. The molecule has 3 aliphatic rings. The SMILES string of the molecule is CC1CC(NC(=O)C2C=C(P3CC3)ON2)CN1c1ccccc1. The molecule has 1 aromatic carbocycles. The molecule has 5 nitrogen and oxygen atoms in total. The van der Waals surface area contributed by atoms with Gasteiger partial charge in [-0.15, -0.1) is 5.48 Å². The topological polar surface area (TPSA) is 53.6 Å². The van der Waals surface area contributed by atoms with Crippen molar-refractivity contribution >= 4 is 19.5 Å². The molecule has 0 aliphatic carbocycles. The summed E-state index contributed by atoms with van der Waals surface area (Å²) < 4.78 is 0.